The van der Waals surface area contributed by atoms with Crippen LogP contribution in [0.4, 0.5) is 10.7 Å². The molecule has 232 valence electrons. The first kappa shape index (κ1) is 31.0. The van der Waals surface area contributed by atoms with E-state index in [1.165, 1.54) is 0 Å². The fourth-order valence-electron chi connectivity index (χ4n) is 5.80. The number of benzene rings is 1. The highest BCUT2D eigenvalue weighted by molar-refractivity contribution is 6.33. The Balaban J connectivity index is 1.18. The summed E-state index contributed by atoms with van der Waals surface area (Å²) < 4.78 is 11.0. The maximum Gasteiger partial charge on any atom is 0.410 e. The van der Waals surface area contributed by atoms with Gasteiger partial charge >= 0.3 is 6.09 Å². The van der Waals surface area contributed by atoms with Crippen LogP contribution in [0.3, 0.4) is 0 Å². The van der Waals surface area contributed by atoms with Crippen LogP contribution in [0, 0.1) is 5.92 Å². The Kier molecular flexibility index (Phi) is 9.41. The number of piperidine rings is 1. The molecule has 4 heterocycles. The van der Waals surface area contributed by atoms with Crippen LogP contribution in [-0.2, 0) is 20.8 Å². The molecule has 2 saturated heterocycles. The molecule has 0 saturated carbocycles. The summed E-state index contributed by atoms with van der Waals surface area (Å²) >= 11 is 6.48. The highest BCUT2D eigenvalue weighted by atomic mass is 35.5. The number of rotatable bonds is 7. The molecule has 0 spiro atoms. The monoisotopic (exact) mass is 612 g/mol. The Bertz CT molecular complexity index is 1360. The van der Waals surface area contributed by atoms with Crippen LogP contribution < -0.4 is 10.6 Å². The van der Waals surface area contributed by atoms with Gasteiger partial charge in [0.1, 0.15) is 12.1 Å². The van der Waals surface area contributed by atoms with Gasteiger partial charge in [-0.25, -0.2) is 14.8 Å². The predicted molar refractivity (Wildman–Crippen MR) is 163 cm³/mol. The second-order valence-electron chi connectivity index (χ2n) is 12.6. The summed E-state index contributed by atoms with van der Waals surface area (Å²) in [5.41, 5.74) is 2.07. The lowest BCUT2D eigenvalue weighted by Gasteiger charge is -2.36. The van der Waals surface area contributed by atoms with Crippen LogP contribution in [0.1, 0.15) is 69.3 Å². The highest BCUT2D eigenvalue weighted by Crippen LogP contribution is 2.32. The molecule has 2 N–H and O–H groups in total. The quantitative estimate of drug-likeness (QED) is 0.468. The van der Waals surface area contributed by atoms with E-state index in [1.807, 2.05) is 39.8 Å². The van der Waals surface area contributed by atoms with Gasteiger partial charge in [0.25, 0.3) is 5.91 Å². The number of anilines is 1. The minimum atomic E-state index is -0.559. The van der Waals surface area contributed by atoms with Crippen LogP contribution in [0.15, 0.2) is 24.4 Å². The molecule has 2 unspecified atom stereocenters. The minimum absolute atomic E-state index is 0.0525. The second kappa shape index (κ2) is 13.1. The Morgan fingerprint density at radius 3 is 2.72 bits per heavy atom. The number of halogens is 1. The van der Waals surface area contributed by atoms with E-state index in [9.17, 15) is 14.4 Å². The van der Waals surface area contributed by atoms with E-state index in [0.717, 1.165) is 31.2 Å². The molecule has 11 nitrogen and oxygen atoms in total. The normalized spacial score (nSPS) is 20.0. The van der Waals surface area contributed by atoms with Gasteiger partial charge in [-0.3, -0.25) is 9.59 Å². The first-order chi connectivity index (χ1) is 20.5. The van der Waals surface area contributed by atoms with Crippen molar-refractivity contribution in [2.45, 2.75) is 77.6 Å². The van der Waals surface area contributed by atoms with E-state index in [4.69, 9.17) is 21.1 Å². The fourth-order valence-corrected chi connectivity index (χ4v) is 6.00. The van der Waals surface area contributed by atoms with Crippen molar-refractivity contribution in [3.05, 3.63) is 40.5 Å². The molecule has 2 fully saturated rings. The van der Waals surface area contributed by atoms with Gasteiger partial charge in [0.05, 0.1) is 16.9 Å². The molecule has 0 radical (unpaired) electrons. The summed E-state index contributed by atoms with van der Waals surface area (Å²) in [6.07, 6.45) is 4.73. The number of nitrogens with zero attached hydrogens (tertiary/aromatic N) is 4. The average Bonchev–Trinajstić information content (AvgIpc) is 3.27. The lowest BCUT2D eigenvalue weighted by Crippen LogP contribution is -2.50. The summed E-state index contributed by atoms with van der Waals surface area (Å²) in [5, 5.41) is 6.80. The van der Waals surface area contributed by atoms with E-state index in [2.05, 4.69) is 20.6 Å². The van der Waals surface area contributed by atoms with Crippen molar-refractivity contribution in [2.75, 3.05) is 38.2 Å². The zero-order chi connectivity index (χ0) is 30.7. The van der Waals surface area contributed by atoms with Crippen molar-refractivity contribution < 1.29 is 23.9 Å². The topological polar surface area (TPSA) is 126 Å². The zero-order valence-corrected chi connectivity index (χ0v) is 26.1. The Hall–Kier alpha value is -3.44. The Morgan fingerprint density at radius 2 is 1.98 bits per heavy atom. The smallest absolute Gasteiger partial charge is 0.410 e. The van der Waals surface area contributed by atoms with Gasteiger partial charge in [-0.2, -0.15) is 0 Å². The fraction of sp³-hybridized carbons (Fsp3) is 0.581. The minimum Gasteiger partial charge on any atom is -0.444 e. The summed E-state index contributed by atoms with van der Waals surface area (Å²) in [5.74, 6) is 0.144. The zero-order valence-electron chi connectivity index (χ0n) is 25.3. The van der Waals surface area contributed by atoms with Gasteiger partial charge in [-0.05, 0) is 70.9 Å². The Labute approximate surface area is 257 Å². The molecular weight excluding hydrogens is 572 g/mol. The molecule has 1 aromatic heterocycles. The predicted octanol–water partition coefficient (Wildman–Crippen LogP) is 4.50. The number of aromatic nitrogens is 2. The van der Waals surface area contributed by atoms with Crippen molar-refractivity contribution in [3.8, 4) is 11.3 Å². The summed E-state index contributed by atoms with van der Waals surface area (Å²) in [7, 11) is 0. The standard InChI is InChI=1S/C31H41ClN6O5/c1-19(21-6-5-11-37(16-21)30(41)43-31(2,3)4)34-26(39)18-38-17-22-8-7-20(14-24(22)28(38)40)27-25(32)15-33-29(36-27)35-23-9-12-42-13-10-23/h7-8,14-15,19,21,23H,5-6,9-13,16-18H2,1-4H3,(H,34,39)(H,33,35,36). The average molecular weight is 613 g/mol. The van der Waals surface area contributed by atoms with Gasteiger partial charge in [-0.1, -0.05) is 23.7 Å². The van der Waals surface area contributed by atoms with Crippen molar-refractivity contribution in [2.24, 2.45) is 5.92 Å². The number of carbonyl (C=O) groups excluding carboxylic acids is 3. The molecular formula is C31H41ClN6O5. The summed E-state index contributed by atoms with van der Waals surface area (Å²) in [4.78, 5) is 51.2. The third-order valence-electron chi connectivity index (χ3n) is 8.10. The number of hydrogen-bond acceptors (Lipinski definition) is 8. The second-order valence-corrected chi connectivity index (χ2v) is 13.0. The third-order valence-corrected chi connectivity index (χ3v) is 8.38. The first-order valence-electron chi connectivity index (χ1n) is 15.0. The van der Waals surface area contributed by atoms with Crippen LogP contribution in [0.25, 0.3) is 11.3 Å². The first-order valence-corrected chi connectivity index (χ1v) is 15.4. The number of carbonyl (C=O) groups is 3. The molecule has 43 heavy (non-hydrogen) atoms. The molecule has 2 aromatic rings. The number of ether oxygens (including phenoxy) is 2. The summed E-state index contributed by atoms with van der Waals surface area (Å²) in [6.45, 7) is 10.4. The summed E-state index contributed by atoms with van der Waals surface area (Å²) in [6, 6.07) is 5.64. The molecule has 3 aliphatic heterocycles. The molecule has 2 atom stereocenters. The van der Waals surface area contributed by atoms with Gasteiger partial charge in [0, 0.05) is 56.1 Å². The lowest BCUT2D eigenvalue weighted by molar-refractivity contribution is -0.122. The highest BCUT2D eigenvalue weighted by Gasteiger charge is 2.33. The van der Waals surface area contributed by atoms with Crippen LogP contribution >= 0.6 is 11.6 Å². The Morgan fingerprint density at radius 1 is 1.21 bits per heavy atom. The molecule has 5 rings (SSSR count). The van der Waals surface area contributed by atoms with E-state index in [0.29, 0.717) is 60.6 Å². The van der Waals surface area contributed by atoms with Crippen molar-refractivity contribution in [1.82, 2.24) is 25.1 Å². The van der Waals surface area contributed by atoms with Gasteiger partial charge in [-0.15, -0.1) is 0 Å². The largest absolute Gasteiger partial charge is 0.444 e. The van der Waals surface area contributed by atoms with E-state index < -0.39 is 5.60 Å². The number of amides is 3. The van der Waals surface area contributed by atoms with Gasteiger partial charge in [0.15, 0.2) is 0 Å². The molecule has 1 aromatic carbocycles. The number of hydrogen-bond donors (Lipinski definition) is 2. The van der Waals surface area contributed by atoms with Gasteiger partial charge < -0.3 is 29.9 Å². The number of likely N-dealkylation sites (tertiary alicyclic amines) is 1. The van der Waals surface area contributed by atoms with Crippen molar-refractivity contribution in [1.29, 1.82) is 0 Å². The lowest BCUT2D eigenvalue weighted by atomic mass is 9.91. The number of nitrogens with one attached hydrogen (secondary N) is 2. The van der Waals surface area contributed by atoms with E-state index in [-0.39, 0.29) is 42.5 Å². The molecule has 12 heteroatoms. The molecule has 0 aliphatic carbocycles. The van der Waals surface area contributed by atoms with Crippen LogP contribution in [-0.4, -0.2) is 88.2 Å². The third kappa shape index (κ3) is 7.75. The van der Waals surface area contributed by atoms with Gasteiger partial charge in [0.2, 0.25) is 11.9 Å². The SMILES string of the molecule is CC(NC(=O)CN1Cc2ccc(-c3nc(NC4CCOCC4)ncc3Cl)cc2C1=O)C1CCCN(C(=O)OC(C)(C)C)C1. The van der Waals surface area contributed by atoms with E-state index >= 15 is 0 Å². The van der Waals surface area contributed by atoms with Crippen LogP contribution in [0.2, 0.25) is 5.02 Å². The molecule has 0 bridgehead atoms. The van der Waals surface area contributed by atoms with Crippen LogP contribution in [0.5, 0.6) is 0 Å². The maximum absolute atomic E-state index is 13.3. The number of fused-ring (bicyclic) bond motifs is 1. The molecule has 3 aliphatic rings. The van der Waals surface area contributed by atoms with Crippen molar-refractivity contribution in [3.63, 3.8) is 0 Å². The van der Waals surface area contributed by atoms with E-state index in [1.54, 1.807) is 22.1 Å². The maximum atomic E-state index is 13.3. The van der Waals surface area contributed by atoms with Crippen molar-refractivity contribution >= 4 is 35.5 Å². The molecule has 3 amide bonds.